The number of aromatic nitrogens is 3. The Kier molecular flexibility index (Phi) is 4.06. The molecule has 2 rings (SSSR count). The molecule has 0 fully saturated rings. The van der Waals surface area contributed by atoms with Crippen molar-refractivity contribution in [3.63, 3.8) is 0 Å². The fourth-order valence-corrected chi connectivity index (χ4v) is 1.82. The van der Waals surface area contributed by atoms with Crippen molar-refractivity contribution in [1.82, 2.24) is 14.8 Å². The number of nitrogens with zero attached hydrogens (tertiary/aromatic N) is 3. The van der Waals surface area contributed by atoms with Crippen LogP contribution in [-0.4, -0.2) is 19.9 Å². The Morgan fingerprint density at radius 3 is 2.68 bits per heavy atom. The highest BCUT2D eigenvalue weighted by molar-refractivity contribution is 5.53. The number of pyridine rings is 1. The minimum atomic E-state index is -0.292. The van der Waals surface area contributed by atoms with Gasteiger partial charge in [0.2, 0.25) is 0 Å². The van der Waals surface area contributed by atoms with Gasteiger partial charge in [0.05, 0.1) is 12.3 Å². The summed E-state index contributed by atoms with van der Waals surface area (Å²) in [5.74, 6) is 0.302. The molecule has 0 spiro atoms. The van der Waals surface area contributed by atoms with Crippen molar-refractivity contribution in [3.8, 4) is 11.4 Å². The lowest BCUT2D eigenvalue weighted by molar-refractivity contribution is 0.277. The molecule has 0 atom stereocenters. The Hall–Kier alpha value is -2.01. The summed E-state index contributed by atoms with van der Waals surface area (Å²) in [6.07, 6.45) is 1.67. The molecular weight excluding hydrogens is 242 g/mol. The van der Waals surface area contributed by atoms with Gasteiger partial charge in [0.15, 0.2) is 0 Å². The third kappa shape index (κ3) is 3.06. The molecular formula is C14H17N3O2. The Balaban J connectivity index is 2.54. The van der Waals surface area contributed by atoms with Gasteiger partial charge in [0.25, 0.3) is 5.56 Å². The zero-order valence-corrected chi connectivity index (χ0v) is 11.1. The van der Waals surface area contributed by atoms with E-state index in [1.54, 1.807) is 12.3 Å². The van der Waals surface area contributed by atoms with E-state index in [1.165, 1.54) is 4.68 Å². The van der Waals surface area contributed by atoms with Crippen LogP contribution in [0.1, 0.15) is 19.4 Å². The van der Waals surface area contributed by atoms with Gasteiger partial charge in [0.1, 0.15) is 5.69 Å². The van der Waals surface area contributed by atoms with Crippen LogP contribution in [0.2, 0.25) is 0 Å². The van der Waals surface area contributed by atoms with E-state index in [9.17, 15) is 9.90 Å². The molecule has 0 bridgehead atoms. The van der Waals surface area contributed by atoms with Crippen LogP contribution >= 0.6 is 0 Å². The van der Waals surface area contributed by atoms with Crippen LogP contribution in [-0.2, 0) is 13.2 Å². The average molecular weight is 259 g/mol. The van der Waals surface area contributed by atoms with E-state index in [0.717, 1.165) is 0 Å². The highest BCUT2D eigenvalue weighted by Gasteiger charge is 2.10. The first kappa shape index (κ1) is 13.4. The Morgan fingerprint density at radius 2 is 2.11 bits per heavy atom. The maximum absolute atomic E-state index is 12.0. The van der Waals surface area contributed by atoms with Crippen molar-refractivity contribution < 1.29 is 5.11 Å². The number of hydrogen-bond donors (Lipinski definition) is 1. The van der Waals surface area contributed by atoms with Crippen LogP contribution in [0.3, 0.4) is 0 Å². The van der Waals surface area contributed by atoms with E-state index in [4.69, 9.17) is 0 Å². The van der Waals surface area contributed by atoms with E-state index >= 15 is 0 Å². The molecule has 5 nitrogen and oxygen atoms in total. The SMILES string of the molecule is CC(C)Cn1nc(-c2ccccn2)cc(CO)c1=O. The van der Waals surface area contributed by atoms with Crippen molar-refractivity contribution in [1.29, 1.82) is 0 Å². The largest absolute Gasteiger partial charge is 0.391 e. The monoisotopic (exact) mass is 259 g/mol. The maximum Gasteiger partial charge on any atom is 0.272 e. The Labute approximate surface area is 111 Å². The summed E-state index contributed by atoms with van der Waals surface area (Å²) in [4.78, 5) is 16.3. The molecule has 0 aromatic carbocycles. The van der Waals surface area contributed by atoms with E-state index in [1.807, 2.05) is 32.0 Å². The van der Waals surface area contributed by atoms with Crippen LogP contribution < -0.4 is 5.56 Å². The number of rotatable bonds is 4. The van der Waals surface area contributed by atoms with Gasteiger partial charge in [-0.3, -0.25) is 9.78 Å². The molecule has 100 valence electrons. The summed E-state index contributed by atoms with van der Waals surface area (Å²) >= 11 is 0. The number of aliphatic hydroxyl groups excluding tert-OH is 1. The van der Waals surface area contributed by atoms with E-state index in [0.29, 0.717) is 29.4 Å². The molecule has 5 heteroatoms. The van der Waals surface area contributed by atoms with Crippen molar-refractivity contribution in [2.24, 2.45) is 5.92 Å². The third-order valence-electron chi connectivity index (χ3n) is 2.68. The molecule has 0 radical (unpaired) electrons. The summed E-state index contributed by atoms with van der Waals surface area (Å²) in [5, 5.41) is 13.6. The molecule has 2 heterocycles. The van der Waals surface area contributed by atoms with Crippen molar-refractivity contribution in [2.75, 3.05) is 0 Å². The lowest BCUT2D eigenvalue weighted by Gasteiger charge is -2.11. The predicted octanol–water partition coefficient (Wildman–Crippen LogP) is 1.45. The lowest BCUT2D eigenvalue weighted by atomic mass is 10.2. The van der Waals surface area contributed by atoms with Crippen molar-refractivity contribution in [3.05, 3.63) is 46.4 Å². The fraction of sp³-hybridized carbons (Fsp3) is 0.357. The summed E-state index contributed by atoms with van der Waals surface area (Å²) in [7, 11) is 0. The van der Waals surface area contributed by atoms with Crippen LogP contribution in [0.5, 0.6) is 0 Å². The van der Waals surface area contributed by atoms with E-state index < -0.39 is 0 Å². The normalized spacial score (nSPS) is 10.9. The standard InChI is InChI=1S/C14H17N3O2/c1-10(2)8-17-14(19)11(9-18)7-13(16-17)12-5-3-4-6-15-12/h3-7,10,18H,8-9H2,1-2H3. The number of aliphatic hydroxyl groups is 1. The van der Waals surface area contributed by atoms with E-state index in [2.05, 4.69) is 10.1 Å². The first-order chi connectivity index (χ1) is 9.11. The van der Waals surface area contributed by atoms with Gasteiger partial charge >= 0.3 is 0 Å². The first-order valence-electron chi connectivity index (χ1n) is 6.25. The quantitative estimate of drug-likeness (QED) is 0.902. The Bertz CT molecular complexity index is 606. The summed E-state index contributed by atoms with van der Waals surface area (Å²) in [5.41, 5.74) is 1.40. The van der Waals surface area contributed by atoms with E-state index in [-0.39, 0.29) is 12.2 Å². The van der Waals surface area contributed by atoms with Gasteiger partial charge in [-0.1, -0.05) is 19.9 Å². The number of hydrogen-bond acceptors (Lipinski definition) is 4. The van der Waals surface area contributed by atoms with Crippen molar-refractivity contribution >= 4 is 0 Å². The summed E-state index contributed by atoms with van der Waals surface area (Å²) < 4.78 is 1.40. The minimum Gasteiger partial charge on any atom is -0.391 e. The zero-order valence-electron chi connectivity index (χ0n) is 11.1. The topological polar surface area (TPSA) is 68.0 Å². The molecule has 0 aliphatic carbocycles. The van der Waals surface area contributed by atoms with Crippen molar-refractivity contribution in [2.45, 2.75) is 27.0 Å². The smallest absolute Gasteiger partial charge is 0.272 e. The Morgan fingerprint density at radius 1 is 1.32 bits per heavy atom. The van der Waals surface area contributed by atoms with Crippen LogP contribution in [0, 0.1) is 5.92 Å². The molecule has 0 saturated heterocycles. The molecule has 0 amide bonds. The second-order valence-electron chi connectivity index (χ2n) is 4.81. The third-order valence-corrected chi connectivity index (χ3v) is 2.68. The van der Waals surface area contributed by atoms with Gasteiger partial charge in [-0.2, -0.15) is 5.10 Å². The molecule has 2 aromatic heterocycles. The molecule has 2 aromatic rings. The molecule has 0 aliphatic heterocycles. The minimum absolute atomic E-state index is 0.240. The molecule has 0 saturated carbocycles. The maximum atomic E-state index is 12.0. The average Bonchev–Trinajstić information content (AvgIpc) is 2.41. The predicted molar refractivity (Wildman–Crippen MR) is 72.5 cm³/mol. The van der Waals surface area contributed by atoms with Crippen LogP contribution in [0.25, 0.3) is 11.4 Å². The van der Waals surface area contributed by atoms with Gasteiger partial charge in [-0.05, 0) is 24.1 Å². The summed E-state index contributed by atoms with van der Waals surface area (Å²) in [6, 6.07) is 7.11. The fourth-order valence-electron chi connectivity index (χ4n) is 1.82. The second-order valence-corrected chi connectivity index (χ2v) is 4.81. The highest BCUT2D eigenvalue weighted by Crippen LogP contribution is 2.13. The second kappa shape index (κ2) is 5.75. The van der Waals surface area contributed by atoms with Gasteiger partial charge in [-0.25, -0.2) is 4.68 Å². The summed E-state index contributed by atoms with van der Waals surface area (Å²) in [6.45, 7) is 4.26. The molecule has 0 aliphatic rings. The first-order valence-corrected chi connectivity index (χ1v) is 6.25. The zero-order chi connectivity index (χ0) is 13.8. The van der Waals surface area contributed by atoms with Crippen LogP contribution in [0.4, 0.5) is 0 Å². The molecule has 0 unspecified atom stereocenters. The lowest BCUT2D eigenvalue weighted by Crippen LogP contribution is -2.28. The molecule has 19 heavy (non-hydrogen) atoms. The highest BCUT2D eigenvalue weighted by atomic mass is 16.3. The van der Waals surface area contributed by atoms with Gasteiger partial charge in [0, 0.05) is 18.3 Å². The molecule has 1 N–H and O–H groups in total. The van der Waals surface area contributed by atoms with Crippen LogP contribution in [0.15, 0.2) is 35.3 Å². The van der Waals surface area contributed by atoms with Gasteiger partial charge < -0.3 is 5.11 Å². The van der Waals surface area contributed by atoms with Gasteiger partial charge in [-0.15, -0.1) is 0 Å².